The van der Waals surface area contributed by atoms with Gasteiger partial charge in [-0.1, -0.05) is 19.8 Å². The Morgan fingerprint density at radius 3 is 2.67 bits per heavy atom. The van der Waals surface area contributed by atoms with E-state index in [4.69, 9.17) is 11.6 Å². The van der Waals surface area contributed by atoms with Crippen molar-refractivity contribution >= 4 is 17.5 Å². The third-order valence-corrected chi connectivity index (χ3v) is 3.48. The maximum absolute atomic E-state index is 11.7. The zero-order valence-corrected chi connectivity index (χ0v) is 10.4. The average Bonchev–Trinajstić information content (AvgIpc) is 2.69. The molecule has 1 rings (SSSR count). The Morgan fingerprint density at radius 2 is 2.13 bits per heavy atom. The lowest BCUT2D eigenvalue weighted by Gasteiger charge is -2.17. The normalized spacial score (nSPS) is 19.1. The van der Waals surface area contributed by atoms with Crippen molar-refractivity contribution in [2.75, 3.05) is 5.88 Å². The molecule has 0 spiro atoms. The van der Waals surface area contributed by atoms with Gasteiger partial charge in [0.1, 0.15) is 0 Å². The molecule has 1 aliphatic carbocycles. The molecule has 88 valence electrons. The number of carbonyl (C=O) groups is 1. The number of halogens is 1. The van der Waals surface area contributed by atoms with Gasteiger partial charge in [-0.25, -0.2) is 0 Å². The van der Waals surface area contributed by atoms with Gasteiger partial charge >= 0.3 is 0 Å². The standard InChI is InChI=1S/C12H22ClNO/c1-2-11(7-8-13)14-12(15)9-10-5-3-4-6-10/h10-11H,2-9H2,1H3,(H,14,15). The summed E-state index contributed by atoms with van der Waals surface area (Å²) < 4.78 is 0. The average molecular weight is 232 g/mol. The number of hydrogen-bond donors (Lipinski definition) is 1. The molecule has 15 heavy (non-hydrogen) atoms. The first-order valence-electron chi connectivity index (χ1n) is 6.11. The van der Waals surface area contributed by atoms with E-state index in [2.05, 4.69) is 12.2 Å². The topological polar surface area (TPSA) is 29.1 Å². The van der Waals surface area contributed by atoms with Crippen molar-refractivity contribution in [3.63, 3.8) is 0 Å². The van der Waals surface area contributed by atoms with Crippen LogP contribution in [0.5, 0.6) is 0 Å². The Kier molecular flexibility index (Phi) is 6.07. The van der Waals surface area contributed by atoms with Gasteiger partial charge in [0, 0.05) is 18.3 Å². The molecule has 1 aliphatic rings. The van der Waals surface area contributed by atoms with Gasteiger partial charge in [-0.2, -0.15) is 0 Å². The fraction of sp³-hybridized carbons (Fsp3) is 0.917. The van der Waals surface area contributed by atoms with E-state index in [1.54, 1.807) is 0 Å². The van der Waals surface area contributed by atoms with Crippen LogP contribution in [0.4, 0.5) is 0 Å². The summed E-state index contributed by atoms with van der Waals surface area (Å²) in [6, 6.07) is 0.274. The van der Waals surface area contributed by atoms with Crippen molar-refractivity contribution in [2.24, 2.45) is 5.92 Å². The highest BCUT2D eigenvalue weighted by Gasteiger charge is 2.19. The molecule has 1 fully saturated rings. The summed E-state index contributed by atoms with van der Waals surface area (Å²) in [5, 5.41) is 3.07. The Hall–Kier alpha value is -0.240. The van der Waals surface area contributed by atoms with Crippen LogP contribution in [-0.4, -0.2) is 17.8 Å². The van der Waals surface area contributed by atoms with E-state index in [0.717, 1.165) is 19.3 Å². The van der Waals surface area contributed by atoms with Crippen LogP contribution in [0.1, 0.15) is 51.9 Å². The molecule has 0 aromatic carbocycles. The van der Waals surface area contributed by atoms with Crippen LogP contribution in [0.3, 0.4) is 0 Å². The molecule has 1 atom stereocenters. The predicted molar refractivity (Wildman–Crippen MR) is 64.1 cm³/mol. The van der Waals surface area contributed by atoms with E-state index in [9.17, 15) is 4.79 Å². The lowest BCUT2D eigenvalue weighted by Crippen LogP contribution is -2.35. The molecule has 0 bridgehead atoms. The molecule has 0 aromatic rings. The van der Waals surface area contributed by atoms with E-state index < -0.39 is 0 Å². The van der Waals surface area contributed by atoms with Gasteiger partial charge in [0.25, 0.3) is 0 Å². The monoisotopic (exact) mass is 231 g/mol. The van der Waals surface area contributed by atoms with Gasteiger partial charge in [0.2, 0.25) is 5.91 Å². The molecule has 0 heterocycles. The molecule has 0 radical (unpaired) electrons. The number of amides is 1. The summed E-state index contributed by atoms with van der Waals surface area (Å²) in [6.07, 6.45) is 7.66. The zero-order chi connectivity index (χ0) is 11.1. The Morgan fingerprint density at radius 1 is 1.47 bits per heavy atom. The van der Waals surface area contributed by atoms with Gasteiger partial charge < -0.3 is 5.32 Å². The molecule has 3 heteroatoms. The maximum atomic E-state index is 11.7. The van der Waals surface area contributed by atoms with E-state index in [1.807, 2.05) is 0 Å². The summed E-state index contributed by atoms with van der Waals surface area (Å²) in [4.78, 5) is 11.7. The maximum Gasteiger partial charge on any atom is 0.220 e. The van der Waals surface area contributed by atoms with Gasteiger partial charge in [0.05, 0.1) is 0 Å². The molecule has 1 N–H and O–H groups in total. The van der Waals surface area contributed by atoms with E-state index in [-0.39, 0.29) is 11.9 Å². The van der Waals surface area contributed by atoms with Crippen molar-refractivity contribution in [1.82, 2.24) is 5.32 Å². The highest BCUT2D eigenvalue weighted by atomic mass is 35.5. The Labute approximate surface area is 97.8 Å². The number of rotatable bonds is 6. The lowest BCUT2D eigenvalue weighted by atomic mass is 10.0. The lowest BCUT2D eigenvalue weighted by molar-refractivity contribution is -0.122. The third-order valence-electron chi connectivity index (χ3n) is 3.26. The van der Waals surface area contributed by atoms with Gasteiger partial charge in [-0.15, -0.1) is 11.6 Å². The number of carbonyl (C=O) groups excluding carboxylic acids is 1. The molecular weight excluding hydrogens is 210 g/mol. The molecule has 1 unspecified atom stereocenters. The number of alkyl halides is 1. The first-order chi connectivity index (χ1) is 7.26. The van der Waals surface area contributed by atoms with Crippen LogP contribution >= 0.6 is 11.6 Å². The minimum atomic E-state index is 0.221. The van der Waals surface area contributed by atoms with Crippen LogP contribution < -0.4 is 5.32 Å². The van der Waals surface area contributed by atoms with Gasteiger partial charge in [-0.3, -0.25) is 4.79 Å². The van der Waals surface area contributed by atoms with E-state index >= 15 is 0 Å². The first kappa shape index (κ1) is 12.8. The highest BCUT2D eigenvalue weighted by Crippen LogP contribution is 2.27. The van der Waals surface area contributed by atoms with Crippen LogP contribution in [0.15, 0.2) is 0 Å². The zero-order valence-electron chi connectivity index (χ0n) is 9.60. The Bertz CT molecular complexity index is 190. The number of nitrogens with one attached hydrogen (secondary N) is 1. The van der Waals surface area contributed by atoms with Crippen LogP contribution in [0.25, 0.3) is 0 Å². The fourth-order valence-corrected chi connectivity index (χ4v) is 2.54. The van der Waals surface area contributed by atoms with Crippen LogP contribution in [0, 0.1) is 5.92 Å². The largest absolute Gasteiger partial charge is 0.353 e. The van der Waals surface area contributed by atoms with Crippen LogP contribution in [0.2, 0.25) is 0 Å². The summed E-state index contributed by atoms with van der Waals surface area (Å²) in [5.74, 6) is 1.49. The minimum absolute atomic E-state index is 0.221. The summed E-state index contributed by atoms with van der Waals surface area (Å²) in [7, 11) is 0. The van der Waals surface area contributed by atoms with E-state index in [1.165, 1.54) is 25.7 Å². The molecule has 0 aromatic heterocycles. The van der Waals surface area contributed by atoms with Gasteiger partial charge in [-0.05, 0) is 31.6 Å². The third kappa shape index (κ3) is 4.87. The van der Waals surface area contributed by atoms with E-state index in [0.29, 0.717) is 11.8 Å². The smallest absolute Gasteiger partial charge is 0.220 e. The summed E-state index contributed by atoms with van der Waals surface area (Å²) in [6.45, 7) is 2.09. The van der Waals surface area contributed by atoms with Gasteiger partial charge in [0.15, 0.2) is 0 Å². The molecule has 1 saturated carbocycles. The predicted octanol–water partition coefficient (Wildman–Crippen LogP) is 3.09. The van der Waals surface area contributed by atoms with Crippen molar-refractivity contribution in [3.8, 4) is 0 Å². The first-order valence-corrected chi connectivity index (χ1v) is 6.65. The van der Waals surface area contributed by atoms with Crippen molar-refractivity contribution in [3.05, 3.63) is 0 Å². The van der Waals surface area contributed by atoms with Crippen LogP contribution in [-0.2, 0) is 4.79 Å². The SMILES string of the molecule is CCC(CCCl)NC(=O)CC1CCCC1. The Balaban J connectivity index is 2.20. The molecular formula is C12H22ClNO. The number of hydrogen-bond acceptors (Lipinski definition) is 1. The van der Waals surface area contributed by atoms with Crippen molar-refractivity contribution in [2.45, 2.75) is 57.9 Å². The molecule has 0 saturated heterocycles. The van der Waals surface area contributed by atoms with Crippen molar-refractivity contribution < 1.29 is 4.79 Å². The molecule has 2 nitrogen and oxygen atoms in total. The second kappa shape index (κ2) is 7.10. The summed E-state index contributed by atoms with van der Waals surface area (Å²) in [5.41, 5.74) is 0. The quantitative estimate of drug-likeness (QED) is 0.700. The molecule has 0 aliphatic heterocycles. The minimum Gasteiger partial charge on any atom is -0.353 e. The highest BCUT2D eigenvalue weighted by molar-refractivity contribution is 6.17. The fourth-order valence-electron chi connectivity index (χ4n) is 2.27. The van der Waals surface area contributed by atoms with Crippen molar-refractivity contribution in [1.29, 1.82) is 0 Å². The second-order valence-electron chi connectivity index (χ2n) is 4.50. The summed E-state index contributed by atoms with van der Waals surface area (Å²) >= 11 is 5.68. The second-order valence-corrected chi connectivity index (χ2v) is 4.88. The molecule has 1 amide bonds.